The zero-order valence-electron chi connectivity index (χ0n) is 9.00. The Morgan fingerprint density at radius 3 is 2.35 bits per heavy atom. The SMILES string of the molecule is NC(=O)[C@H](CC(F)(F)F)NCc1ccccc1. The number of nitrogens with two attached hydrogens (primary N) is 1. The van der Waals surface area contributed by atoms with Gasteiger partial charge in [-0.05, 0) is 5.56 Å². The Kier molecular flexibility index (Phi) is 4.51. The minimum absolute atomic E-state index is 0.171. The van der Waals surface area contributed by atoms with Crippen LogP contribution in [-0.4, -0.2) is 18.1 Å². The zero-order valence-corrected chi connectivity index (χ0v) is 9.00. The maximum atomic E-state index is 12.1. The highest BCUT2D eigenvalue weighted by Crippen LogP contribution is 2.21. The summed E-state index contributed by atoms with van der Waals surface area (Å²) in [6.07, 6.45) is -5.67. The summed E-state index contributed by atoms with van der Waals surface area (Å²) in [6.45, 7) is 0.171. The van der Waals surface area contributed by atoms with E-state index in [1.54, 1.807) is 30.3 Å². The van der Waals surface area contributed by atoms with E-state index in [4.69, 9.17) is 5.73 Å². The van der Waals surface area contributed by atoms with Gasteiger partial charge in [-0.1, -0.05) is 30.3 Å². The fourth-order valence-corrected chi connectivity index (χ4v) is 1.34. The molecule has 0 aliphatic rings. The van der Waals surface area contributed by atoms with Crippen molar-refractivity contribution in [3.05, 3.63) is 35.9 Å². The Balaban J connectivity index is 2.54. The van der Waals surface area contributed by atoms with Gasteiger partial charge in [-0.25, -0.2) is 0 Å². The highest BCUT2D eigenvalue weighted by molar-refractivity contribution is 5.79. The minimum atomic E-state index is -4.41. The summed E-state index contributed by atoms with van der Waals surface area (Å²) in [5.41, 5.74) is 5.70. The first-order valence-electron chi connectivity index (χ1n) is 5.02. The summed E-state index contributed by atoms with van der Waals surface area (Å²) >= 11 is 0. The number of primary amides is 1. The number of rotatable bonds is 5. The lowest BCUT2D eigenvalue weighted by Crippen LogP contribution is -2.43. The van der Waals surface area contributed by atoms with Crippen molar-refractivity contribution in [3.8, 4) is 0 Å². The summed E-state index contributed by atoms with van der Waals surface area (Å²) in [7, 11) is 0. The number of carbonyl (C=O) groups excluding carboxylic acids is 1. The molecule has 0 unspecified atom stereocenters. The summed E-state index contributed by atoms with van der Waals surface area (Å²) in [5.74, 6) is -1.00. The van der Waals surface area contributed by atoms with Crippen LogP contribution in [0.15, 0.2) is 30.3 Å². The molecule has 0 aliphatic heterocycles. The fourth-order valence-electron chi connectivity index (χ4n) is 1.34. The molecule has 1 aromatic rings. The third-order valence-electron chi connectivity index (χ3n) is 2.17. The van der Waals surface area contributed by atoms with E-state index in [9.17, 15) is 18.0 Å². The highest BCUT2D eigenvalue weighted by Gasteiger charge is 2.34. The summed E-state index contributed by atoms with van der Waals surface area (Å²) in [5, 5.41) is 2.50. The van der Waals surface area contributed by atoms with Crippen LogP contribution in [0.25, 0.3) is 0 Å². The van der Waals surface area contributed by atoms with E-state index in [0.717, 1.165) is 5.56 Å². The van der Waals surface area contributed by atoms with Crippen molar-refractivity contribution < 1.29 is 18.0 Å². The van der Waals surface area contributed by atoms with E-state index in [1.807, 2.05) is 0 Å². The van der Waals surface area contributed by atoms with Crippen molar-refractivity contribution in [3.63, 3.8) is 0 Å². The van der Waals surface area contributed by atoms with Gasteiger partial charge in [0.15, 0.2) is 0 Å². The lowest BCUT2D eigenvalue weighted by Gasteiger charge is -2.17. The van der Waals surface area contributed by atoms with Gasteiger partial charge in [0.2, 0.25) is 5.91 Å². The summed E-state index contributed by atoms with van der Waals surface area (Å²) in [6, 6.07) is 7.43. The first-order valence-corrected chi connectivity index (χ1v) is 5.02. The second kappa shape index (κ2) is 5.67. The maximum absolute atomic E-state index is 12.1. The van der Waals surface area contributed by atoms with Gasteiger partial charge in [-0.2, -0.15) is 13.2 Å². The van der Waals surface area contributed by atoms with Crippen molar-refractivity contribution in [2.24, 2.45) is 5.73 Å². The maximum Gasteiger partial charge on any atom is 0.391 e. The van der Waals surface area contributed by atoms with Crippen molar-refractivity contribution in [1.29, 1.82) is 0 Å². The van der Waals surface area contributed by atoms with Crippen molar-refractivity contribution in [1.82, 2.24) is 5.32 Å². The Morgan fingerprint density at radius 1 is 1.29 bits per heavy atom. The average Bonchev–Trinajstić information content (AvgIpc) is 2.24. The van der Waals surface area contributed by atoms with Crippen LogP contribution in [0.1, 0.15) is 12.0 Å². The van der Waals surface area contributed by atoms with E-state index in [-0.39, 0.29) is 6.54 Å². The molecule has 3 nitrogen and oxygen atoms in total. The third-order valence-corrected chi connectivity index (χ3v) is 2.17. The van der Waals surface area contributed by atoms with Gasteiger partial charge in [0.25, 0.3) is 0 Å². The van der Waals surface area contributed by atoms with E-state index in [2.05, 4.69) is 5.32 Å². The highest BCUT2D eigenvalue weighted by atomic mass is 19.4. The van der Waals surface area contributed by atoms with Crippen LogP contribution in [0.3, 0.4) is 0 Å². The van der Waals surface area contributed by atoms with Crippen LogP contribution in [0, 0.1) is 0 Å². The second-order valence-electron chi connectivity index (χ2n) is 3.64. The molecule has 0 fully saturated rings. The van der Waals surface area contributed by atoms with E-state index in [0.29, 0.717) is 0 Å². The Labute approximate surface area is 96.8 Å². The molecule has 1 aromatic carbocycles. The fraction of sp³-hybridized carbons (Fsp3) is 0.364. The van der Waals surface area contributed by atoms with Gasteiger partial charge in [-0.15, -0.1) is 0 Å². The molecule has 1 rings (SSSR count). The molecule has 0 saturated carbocycles. The van der Waals surface area contributed by atoms with Gasteiger partial charge in [-0.3, -0.25) is 4.79 Å². The quantitative estimate of drug-likeness (QED) is 0.828. The molecule has 17 heavy (non-hydrogen) atoms. The third kappa shape index (κ3) is 5.35. The molecule has 0 spiro atoms. The molecule has 3 N–H and O–H groups in total. The van der Waals surface area contributed by atoms with Gasteiger partial charge >= 0.3 is 6.18 Å². The van der Waals surface area contributed by atoms with Crippen LogP contribution < -0.4 is 11.1 Å². The number of carbonyl (C=O) groups is 1. The lowest BCUT2D eigenvalue weighted by atomic mass is 10.1. The van der Waals surface area contributed by atoms with Crippen LogP contribution >= 0.6 is 0 Å². The molecule has 1 atom stereocenters. The van der Waals surface area contributed by atoms with E-state index >= 15 is 0 Å². The van der Waals surface area contributed by atoms with Crippen molar-refractivity contribution >= 4 is 5.91 Å². The average molecular weight is 246 g/mol. The van der Waals surface area contributed by atoms with Crippen LogP contribution in [0.4, 0.5) is 13.2 Å². The minimum Gasteiger partial charge on any atom is -0.368 e. The number of nitrogens with one attached hydrogen (secondary N) is 1. The number of halogens is 3. The van der Waals surface area contributed by atoms with E-state index < -0.39 is 24.5 Å². The second-order valence-corrected chi connectivity index (χ2v) is 3.64. The van der Waals surface area contributed by atoms with Gasteiger partial charge < -0.3 is 11.1 Å². The Hall–Kier alpha value is -1.56. The first kappa shape index (κ1) is 13.5. The molecule has 94 valence electrons. The predicted molar refractivity (Wildman–Crippen MR) is 56.9 cm³/mol. The number of alkyl halides is 3. The molecule has 0 heterocycles. The molecule has 0 saturated heterocycles. The Bertz CT molecular complexity index is 365. The smallest absolute Gasteiger partial charge is 0.368 e. The number of benzene rings is 1. The van der Waals surface area contributed by atoms with Crippen molar-refractivity contribution in [2.45, 2.75) is 25.2 Å². The lowest BCUT2D eigenvalue weighted by molar-refractivity contribution is -0.148. The van der Waals surface area contributed by atoms with Crippen LogP contribution in [0.2, 0.25) is 0 Å². The monoisotopic (exact) mass is 246 g/mol. The van der Waals surface area contributed by atoms with Crippen molar-refractivity contribution in [2.75, 3.05) is 0 Å². The molecular weight excluding hydrogens is 233 g/mol. The summed E-state index contributed by atoms with van der Waals surface area (Å²) in [4.78, 5) is 10.9. The number of hydrogen-bond acceptors (Lipinski definition) is 2. The van der Waals surface area contributed by atoms with Gasteiger partial charge in [0, 0.05) is 6.54 Å². The molecule has 0 aromatic heterocycles. The number of amides is 1. The molecule has 6 heteroatoms. The summed E-state index contributed by atoms with van der Waals surface area (Å²) < 4.78 is 36.4. The van der Waals surface area contributed by atoms with Crippen LogP contribution in [-0.2, 0) is 11.3 Å². The molecule has 1 amide bonds. The normalized spacial score (nSPS) is 13.4. The van der Waals surface area contributed by atoms with Gasteiger partial charge in [0.1, 0.15) is 0 Å². The van der Waals surface area contributed by atoms with Crippen LogP contribution in [0.5, 0.6) is 0 Å². The van der Waals surface area contributed by atoms with E-state index in [1.165, 1.54) is 0 Å². The topological polar surface area (TPSA) is 55.1 Å². The first-order chi connectivity index (χ1) is 7.88. The molecule has 0 bridgehead atoms. The molecule has 0 radical (unpaired) electrons. The largest absolute Gasteiger partial charge is 0.391 e. The standard InChI is InChI=1S/C11H13F3N2O/c12-11(13,14)6-9(10(15)17)16-7-8-4-2-1-3-5-8/h1-5,9,16H,6-7H2,(H2,15,17)/t9-/m0/s1. The Morgan fingerprint density at radius 2 is 1.88 bits per heavy atom. The van der Waals surface area contributed by atoms with Gasteiger partial charge in [0.05, 0.1) is 12.5 Å². The zero-order chi connectivity index (χ0) is 12.9. The molecule has 0 aliphatic carbocycles. The molecular formula is C11H13F3N2O. The number of hydrogen-bond donors (Lipinski definition) is 2. The predicted octanol–water partition coefficient (Wildman–Crippen LogP) is 1.58.